The van der Waals surface area contributed by atoms with Gasteiger partial charge in [0.15, 0.2) is 0 Å². The standard InChI is InChI=1S/C13H11NO2S/c1-8-14-7-11(17-8)12(15)10-4-2-3-9-5-6-16-13(9)10/h2-4,7H,5-6H2,1H3. The lowest BCUT2D eigenvalue weighted by atomic mass is 10.0. The molecular formula is C13H11NO2S. The Kier molecular flexibility index (Phi) is 2.44. The van der Waals surface area contributed by atoms with Gasteiger partial charge in [-0.1, -0.05) is 12.1 Å². The Labute approximate surface area is 103 Å². The number of carbonyl (C=O) groups excluding carboxylic acids is 1. The van der Waals surface area contributed by atoms with Crippen LogP contribution < -0.4 is 4.74 Å². The molecule has 2 aromatic rings. The summed E-state index contributed by atoms with van der Waals surface area (Å²) >= 11 is 1.42. The number of aryl methyl sites for hydroxylation is 1. The van der Waals surface area contributed by atoms with Crippen LogP contribution >= 0.6 is 11.3 Å². The van der Waals surface area contributed by atoms with Crippen molar-refractivity contribution in [3.8, 4) is 5.75 Å². The van der Waals surface area contributed by atoms with Gasteiger partial charge in [-0.05, 0) is 18.6 Å². The lowest BCUT2D eigenvalue weighted by Crippen LogP contribution is -2.01. The van der Waals surface area contributed by atoms with Crippen LogP contribution in [0.15, 0.2) is 24.4 Å². The summed E-state index contributed by atoms with van der Waals surface area (Å²) in [6, 6.07) is 5.74. The Morgan fingerprint density at radius 1 is 1.47 bits per heavy atom. The number of fused-ring (bicyclic) bond motifs is 1. The molecule has 0 spiro atoms. The molecule has 2 heterocycles. The monoisotopic (exact) mass is 245 g/mol. The molecule has 4 heteroatoms. The summed E-state index contributed by atoms with van der Waals surface area (Å²) in [4.78, 5) is 17.1. The second-order valence-electron chi connectivity index (χ2n) is 3.96. The first-order valence-electron chi connectivity index (χ1n) is 5.47. The first kappa shape index (κ1) is 10.5. The van der Waals surface area contributed by atoms with E-state index in [-0.39, 0.29) is 5.78 Å². The first-order chi connectivity index (χ1) is 8.25. The molecule has 0 saturated heterocycles. The molecular weight excluding hydrogens is 234 g/mol. The Bertz CT molecular complexity index is 589. The highest BCUT2D eigenvalue weighted by atomic mass is 32.1. The van der Waals surface area contributed by atoms with Gasteiger partial charge in [-0.2, -0.15) is 0 Å². The largest absolute Gasteiger partial charge is 0.492 e. The van der Waals surface area contributed by atoms with E-state index in [0.717, 1.165) is 22.7 Å². The highest BCUT2D eigenvalue weighted by Gasteiger charge is 2.22. The van der Waals surface area contributed by atoms with Gasteiger partial charge in [0.25, 0.3) is 0 Å². The Balaban J connectivity index is 2.05. The van der Waals surface area contributed by atoms with Crippen LogP contribution in [0.1, 0.15) is 25.8 Å². The van der Waals surface area contributed by atoms with Crippen molar-refractivity contribution in [3.05, 3.63) is 45.4 Å². The third kappa shape index (κ3) is 1.74. The van der Waals surface area contributed by atoms with Gasteiger partial charge in [0.05, 0.1) is 22.1 Å². The van der Waals surface area contributed by atoms with Gasteiger partial charge in [-0.15, -0.1) is 11.3 Å². The number of hydrogen-bond acceptors (Lipinski definition) is 4. The topological polar surface area (TPSA) is 39.2 Å². The Morgan fingerprint density at radius 3 is 3.12 bits per heavy atom. The summed E-state index contributed by atoms with van der Waals surface area (Å²) in [6.45, 7) is 2.56. The van der Waals surface area contributed by atoms with Crippen LogP contribution in [0, 0.1) is 6.92 Å². The number of nitrogens with zero attached hydrogens (tertiary/aromatic N) is 1. The lowest BCUT2D eigenvalue weighted by Gasteiger charge is -2.05. The summed E-state index contributed by atoms with van der Waals surface area (Å²) < 4.78 is 5.54. The van der Waals surface area contributed by atoms with Crippen molar-refractivity contribution < 1.29 is 9.53 Å². The minimum absolute atomic E-state index is 0.00866. The number of benzene rings is 1. The molecule has 0 aliphatic carbocycles. The van der Waals surface area contributed by atoms with Crippen molar-refractivity contribution in [2.45, 2.75) is 13.3 Å². The number of rotatable bonds is 2. The molecule has 0 amide bonds. The number of para-hydroxylation sites is 1. The maximum atomic E-state index is 12.3. The van der Waals surface area contributed by atoms with E-state index >= 15 is 0 Å². The molecule has 1 aliphatic rings. The van der Waals surface area contributed by atoms with Crippen molar-refractivity contribution in [2.24, 2.45) is 0 Å². The van der Waals surface area contributed by atoms with Crippen molar-refractivity contribution >= 4 is 17.1 Å². The van der Waals surface area contributed by atoms with E-state index in [1.165, 1.54) is 11.3 Å². The summed E-state index contributed by atoms with van der Waals surface area (Å²) in [6.07, 6.45) is 2.52. The summed E-state index contributed by atoms with van der Waals surface area (Å²) in [5, 5.41) is 0.904. The highest BCUT2D eigenvalue weighted by Crippen LogP contribution is 2.31. The van der Waals surface area contributed by atoms with E-state index in [9.17, 15) is 4.79 Å². The number of carbonyl (C=O) groups is 1. The normalized spacial score (nSPS) is 13.2. The fourth-order valence-corrected chi connectivity index (χ4v) is 2.72. The first-order valence-corrected chi connectivity index (χ1v) is 6.29. The van der Waals surface area contributed by atoms with Gasteiger partial charge in [0.2, 0.25) is 5.78 Å². The van der Waals surface area contributed by atoms with E-state index in [2.05, 4.69) is 4.98 Å². The van der Waals surface area contributed by atoms with Crippen LogP contribution in [0.5, 0.6) is 5.75 Å². The molecule has 3 rings (SSSR count). The van der Waals surface area contributed by atoms with E-state index in [1.54, 1.807) is 6.20 Å². The van der Waals surface area contributed by atoms with Crippen LogP contribution in [0.3, 0.4) is 0 Å². The van der Waals surface area contributed by atoms with Crippen molar-refractivity contribution in [3.63, 3.8) is 0 Å². The van der Waals surface area contributed by atoms with Crippen molar-refractivity contribution in [1.29, 1.82) is 0 Å². The number of ether oxygens (including phenoxy) is 1. The number of hydrogen-bond donors (Lipinski definition) is 0. The summed E-state index contributed by atoms with van der Waals surface area (Å²) in [7, 11) is 0. The third-order valence-corrected chi connectivity index (χ3v) is 3.72. The summed E-state index contributed by atoms with van der Waals surface area (Å²) in [5.41, 5.74) is 1.78. The molecule has 0 radical (unpaired) electrons. The molecule has 1 aromatic heterocycles. The third-order valence-electron chi connectivity index (χ3n) is 2.80. The van der Waals surface area contributed by atoms with Crippen LogP contribution in [0.4, 0.5) is 0 Å². The Hall–Kier alpha value is -1.68. The number of thiazole rings is 1. The quantitative estimate of drug-likeness (QED) is 0.763. The lowest BCUT2D eigenvalue weighted by molar-refractivity contribution is 0.103. The number of ketones is 1. The van der Waals surface area contributed by atoms with Crippen LogP contribution in [-0.2, 0) is 6.42 Å². The van der Waals surface area contributed by atoms with Gasteiger partial charge in [-0.3, -0.25) is 4.79 Å². The average molecular weight is 245 g/mol. The average Bonchev–Trinajstić information content (AvgIpc) is 2.95. The van der Waals surface area contributed by atoms with Gasteiger partial charge in [-0.25, -0.2) is 4.98 Å². The van der Waals surface area contributed by atoms with Crippen molar-refractivity contribution in [2.75, 3.05) is 6.61 Å². The Morgan fingerprint density at radius 2 is 2.35 bits per heavy atom. The molecule has 0 unspecified atom stereocenters. The van der Waals surface area contributed by atoms with E-state index in [1.807, 2.05) is 25.1 Å². The molecule has 86 valence electrons. The SMILES string of the molecule is Cc1ncc(C(=O)c2cccc3c2OCC3)s1. The molecule has 1 aliphatic heterocycles. The zero-order valence-electron chi connectivity index (χ0n) is 9.40. The number of aromatic nitrogens is 1. The minimum Gasteiger partial charge on any atom is -0.492 e. The maximum absolute atomic E-state index is 12.3. The van der Waals surface area contributed by atoms with Crippen molar-refractivity contribution in [1.82, 2.24) is 4.98 Å². The fraction of sp³-hybridized carbons (Fsp3) is 0.231. The smallest absolute Gasteiger partial charge is 0.208 e. The molecule has 0 bridgehead atoms. The van der Waals surface area contributed by atoms with E-state index in [0.29, 0.717) is 17.0 Å². The molecule has 0 fully saturated rings. The molecule has 3 nitrogen and oxygen atoms in total. The zero-order valence-corrected chi connectivity index (χ0v) is 10.2. The summed E-state index contributed by atoms with van der Waals surface area (Å²) in [5.74, 6) is 0.762. The van der Waals surface area contributed by atoms with Gasteiger partial charge >= 0.3 is 0 Å². The second kappa shape index (κ2) is 3.96. The zero-order chi connectivity index (χ0) is 11.8. The predicted molar refractivity (Wildman–Crippen MR) is 65.9 cm³/mol. The molecule has 17 heavy (non-hydrogen) atoms. The second-order valence-corrected chi connectivity index (χ2v) is 5.20. The molecule has 0 saturated carbocycles. The minimum atomic E-state index is 0.00866. The highest BCUT2D eigenvalue weighted by molar-refractivity contribution is 7.13. The van der Waals surface area contributed by atoms with Crippen LogP contribution in [-0.4, -0.2) is 17.4 Å². The molecule has 0 atom stereocenters. The van der Waals surface area contributed by atoms with Gasteiger partial charge < -0.3 is 4.74 Å². The molecule has 1 aromatic carbocycles. The van der Waals surface area contributed by atoms with Gasteiger partial charge in [0, 0.05) is 12.6 Å². The molecule has 0 N–H and O–H groups in total. The predicted octanol–water partition coefficient (Wildman–Crippen LogP) is 2.62. The van der Waals surface area contributed by atoms with Gasteiger partial charge in [0.1, 0.15) is 5.75 Å². The van der Waals surface area contributed by atoms with E-state index in [4.69, 9.17) is 4.74 Å². The van der Waals surface area contributed by atoms with E-state index < -0.39 is 0 Å². The fourth-order valence-electron chi connectivity index (χ4n) is 1.99. The van der Waals surface area contributed by atoms with Crippen LogP contribution in [0.2, 0.25) is 0 Å². The maximum Gasteiger partial charge on any atom is 0.208 e. The van der Waals surface area contributed by atoms with Crippen LogP contribution in [0.25, 0.3) is 0 Å².